The molecule has 0 aliphatic rings. The van der Waals surface area contributed by atoms with Crippen LogP contribution in [0.4, 0.5) is 10.5 Å². The summed E-state index contributed by atoms with van der Waals surface area (Å²) in [6, 6.07) is 17.5. The maximum Gasteiger partial charge on any atom is 0.319 e. The summed E-state index contributed by atoms with van der Waals surface area (Å²) < 4.78 is 0. The van der Waals surface area contributed by atoms with Crippen molar-refractivity contribution in [3.8, 4) is 6.07 Å². The summed E-state index contributed by atoms with van der Waals surface area (Å²) in [7, 11) is 0. The lowest BCUT2D eigenvalue weighted by Crippen LogP contribution is -2.34. The number of hydrogen-bond acceptors (Lipinski definition) is 3. The van der Waals surface area contributed by atoms with Crippen molar-refractivity contribution in [2.24, 2.45) is 0 Å². The monoisotopic (exact) mass is 295 g/mol. The van der Waals surface area contributed by atoms with E-state index in [1.165, 1.54) is 0 Å². The van der Waals surface area contributed by atoms with Gasteiger partial charge in [-0.05, 0) is 23.3 Å². The van der Waals surface area contributed by atoms with Crippen LogP contribution in [0.15, 0.2) is 54.6 Å². The van der Waals surface area contributed by atoms with Crippen LogP contribution in [0.5, 0.6) is 0 Å². The molecule has 3 N–H and O–H groups in total. The van der Waals surface area contributed by atoms with Crippen LogP contribution in [0.2, 0.25) is 0 Å². The molecule has 2 rings (SSSR count). The van der Waals surface area contributed by atoms with E-state index in [0.717, 1.165) is 11.1 Å². The van der Waals surface area contributed by atoms with Gasteiger partial charge in [0, 0.05) is 5.69 Å². The van der Waals surface area contributed by atoms with Gasteiger partial charge < -0.3 is 15.7 Å². The predicted molar refractivity (Wildman–Crippen MR) is 84.2 cm³/mol. The molecule has 0 aliphatic carbocycles. The number of anilines is 1. The zero-order chi connectivity index (χ0) is 15.8. The summed E-state index contributed by atoms with van der Waals surface area (Å²) in [6.45, 7) is -0.182. The van der Waals surface area contributed by atoms with Gasteiger partial charge in [-0.1, -0.05) is 42.5 Å². The average Bonchev–Trinajstić information content (AvgIpc) is 2.55. The Morgan fingerprint density at radius 3 is 2.41 bits per heavy atom. The first-order valence-electron chi connectivity index (χ1n) is 6.92. The predicted octanol–water partition coefficient (Wildman–Crippen LogP) is 2.61. The first-order valence-corrected chi connectivity index (χ1v) is 6.92. The molecule has 22 heavy (non-hydrogen) atoms. The van der Waals surface area contributed by atoms with Crippen molar-refractivity contribution >= 4 is 11.7 Å². The van der Waals surface area contributed by atoms with Crippen LogP contribution in [-0.4, -0.2) is 17.7 Å². The van der Waals surface area contributed by atoms with E-state index in [4.69, 9.17) is 5.26 Å². The summed E-state index contributed by atoms with van der Waals surface area (Å²) in [5.74, 6) is 0. The molecule has 0 aliphatic heterocycles. The van der Waals surface area contributed by atoms with E-state index in [1.807, 2.05) is 30.3 Å². The van der Waals surface area contributed by atoms with Crippen LogP contribution in [0.3, 0.4) is 0 Å². The molecule has 0 heterocycles. The summed E-state index contributed by atoms with van der Waals surface area (Å²) in [4.78, 5) is 12.0. The van der Waals surface area contributed by atoms with Gasteiger partial charge in [-0.3, -0.25) is 0 Å². The van der Waals surface area contributed by atoms with Gasteiger partial charge >= 0.3 is 6.03 Å². The fourth-order valence-corrected chi connectivity index (χ4v) is 2.04. The van der Waals surface area contributed by atoms with Crippen LogP contribution in [-0.2, 0) is 6.42 Å². The minimum atomic E-state index is -0.459. The smallest absolute Gasteiger partial charge is 0.319 e. The molecule has 112 valence electrons. The Morgan fingerprint density at radius 2 is 1.82 bits per heavy atom. The fraction of sp³-hybridized carbons (Fsp3) is 0.176. The van der Waals surface area contributed by atoms with Crippen molar-refractivity contribution in [1.29, 1.82) is 5.26 Å². The lowest BCUT2D eigenvalue weighted by Gasteiger charge is -2.17. The van der Waals surface area contributed by atoms with Gasteiger partial charge in [-0.2, -0.15) is 5.26 Å². The molecule has 0 saturated carbocycles. The maximum atomic E-state index is 12.0. The number of urea groups is 1. The minimum Gasteiger partial charge on any atom is -0.394 e. The number of benzene rings is 2. The summed E-state index contributed by atoms with van der Waals surface area (Å²) in [5.41, 5.74) is 2.36. The molecule has 5 heteroatoms. The number of carbonyl (C=O) groups is 1. The molecule has 2 aromatic rings. The summed E-state index contributed by atoms with van der Waals surface area (Å²) in [5, 5.41) is 23.5. The van der Waals surface area contributed by atoms with E-state index in [0.29, 0.717) is 12.1 Å². The lowest BCUT2D eigenvalue weighted by atomic mass is 10.1. The third-order valence-corrected chi connectivity index (χ3v) is 3.18. The van der Waals surface area contributed by atoms with E-state index < -0.39 is 12.1 Å². The molecular formula is C17H17N3O2. The first-order chi connectivity index (χ1) is 10.7. The molecule has 0 bridgehead atoms. The van der Waals surface area contributed by atoms with Crippen LogP contribution in [0.1, 0.15) is 17.2 Å². The van der Waals surface area contributed by atoms with E-state index >= 15 is 0 Å². The topological polar surface area (TPSA) is 85.2 Å². The SMILES string of the molecule is N#CCc1ccc(NC(=O)NC(CO)c2ccccc2)cc1. The van der Waals surface area contributed by atoms with Crippen molar-refractivity contribution in [1.82, 2.24) is 5.32 Å². The number of nitrogens with zero attached hydrogens (tertiary/aromatic N) is 1. The third kappa shape index (κ3) is 4.33. The molecule has 5 nitrogen and oxygen atoms in total. The Labute approximate surface area is 129 Å². The van der Waals surface area contributed by atoms with E-state index in [-0.39, 0.29) is 6.61 Å². The van der Waals surface area contributed by atoms with Gasteiger partial charge in [0.1, 0.15) is 0 Å². The van der Waals surface area contributed by atoms with Gasteiger partial charge in [0.25, 0.3) is 0 Å². The number of amides is 2. The minimum absolute atomic E-state index is 0.182. The normalized spacial score (nSPS) is 11.3. The van der Waals surface area contributed by atoms with Gasteiger partial charge in [0.15, 0.2) is 0 Å². The van der Waals surface area contributed by atoms with Crippen LogP contribution >= 0.6 is 0 Å². The number of carbonyl (C=O) groups excluding carboxylic acids is 1. The van der Waals surface area contributed by atoms with Crippen molar-refractivity contribution < 1.29 is 9.90 Å². The average molecular weight is 295 g/mol. The van der Waals surface area contributed by atoms with Crippen LogP contribution < -0.4 is 10.6 Å². The van der Waals surface area contributed by atoms with Crippen molar-refractivity contribution in [2.45, 2.75) is 12.5 Å². The molecule has 0 fully saturated rings. The molecule has 2 amide bonds. The van der Waals surface area contributed by atoms with Gasteiger partial charge in [0.2, 0.25) is 0 Å². The highest BCUT2D eigenvalue weighted by atomic mass is 16.3. The Balaban J connectivity index is 1.95. The lowest BCUT2D eigenvalue weighted by molar-refractivity contribution is 0.225. The highest BCUT2D eigenvalue weighted by Crippen LogP contribution is 2.13. The number of aliphatic hydroxyl groups is 1. The Kier molecular flexibility index (Phi) is 5.52. The number of aliphatic hydroxyl groups excluding tert-OH is 1. The van der Waals surface area contributed by atoms with Crippen molar-refractivity contribution in [3.63, 3.8) is 0 Å². The van der Waals surface area contributed by atoms with E-state index in [9.17, 15) is 9.90 Å². The standard InChI is InChI=1S/C17H17N3O2/c18-11-10-13-6-8-15(9-7-13)19-17(22)20-16(12-21)14-4-2-1-3-5-14/h1-9,16,21H,10,12H2,(H2,19,20,22). The third-order valence-electron chi connectivity index (χ3n) is 3.18. The second kappa shape index (κ2) is 7.81. The molecular weight excluding hydrogens is 278 g/mol. The number of nitriles is 1. The second-order valence-corrected chi connectivity index (χ2v) is 4.78. The Hall–Kier alpha value is -2.84. The van der Waals surface area contributed by atoms with Crippen LogP contribution in [0.25, 0.3) is 0 Å². The molecule has 0 aromatic heterocycles. The molecule has 0 spiro atoms. The molecule has 1 atom stereocenters. The van der Waals surface area contributed by atoms with Crippen LogP contribution in [0, 0.1) is 11.3 Å². The van der Waals surface area contributed by atoms with Gasteiger partial charge in [-0.25, -0.2) is 4.79 Å². The quantitative estimate of drug-likeness (QED) is 0.792. The van der Waals surface area contributed by atoms with Gasteiger partial charge in [-0.15, -0.1) is 0 Å². The second-order valence-electron chi connectivity index (χ2n) is 4.78. The van der Waals surface area contributed by atoms with E-state index in [2.05, 4.69) is 16.7 Å². The highest BCUT2D eigenvalue weighted by molar-refractivity contribution is 5.89. The van der Waals surface area contributed by atoms with Gasteiger partial charge in [0.05, 0.1) is 25.1 Å². The zero-order valence-electron chi connectivity index (χ0n) is 12.0. The highest BCUT2D eigenvalue weighted by Gasteiger charge is 2.13. The maximum absolute atomic E-state index is 12.0. The number of nitrogens with one attached hydrogen (secondary N) is 2. The molecule has 0 radical (unpaired) electrons. The van der Waals surface area contributed by atoms with Crippen molar-refractivity contribution in [2.75, 3.05) is 11.9 Å². The summed E-state index contributed by atoms with van der Waals surface area (Å²) in [6.07, 6.45) is 0.340. The fourth-order valence-electron chi connectivity index (χ4n) is 2.04. The van der Waals surface area contributed by atoms with Crippen molar-refractivity contribution in [3.05, 3.63) is 65.7 Å². The molecule has 1 unspecified atom stereocenters. The van der Waals surface area contributed by atoms with E-state index in [1.54, 1.807) is 24.3 Å². The largest absolute Gasteiger partial charge is 0.394 e. The first kappa shape index (κ1) is 15.5. The Morgan fingerprint density at radius 1 is 1.14 bits per heavy atom. The Bertz CT molecular complexity index is 648. The zero-order valence-corrected chi connectivity index (χ0v) is 12.0. The number of hydrogen-bond donors (Lipinski definition) is 3. The molecule has 0 saturated heterocycles. The summed E-state index contributed by atoms with van der Waals surface area (Å²) >= 11 is 0. The number of rotatable bonds is 5. The molecule has 2 aromatic carbocycles.